The van der Waals surface area contributed by atoms with E-state index in [4.69, 9.17) is 26.8 Å². The van der Waals surface area contributed by atoms with Crippen LogP contribution < -0.4 is 15.2 Å². The minimum absolute atomic E-state index is 0.0529. The van der Waals surface area contributed by atoms with Gasteiger partial charge in [0.05, 0.1) is 11.6 Å². The Morgan fingerprint density at radius 2 is 1.90 bits per heavy atom. The first-order valence-electron chi connectivity index (χ1n) is 6.56. The van der Waals surface area contributed by atoms with Crippen molar-refractivity contribution < 1.29 is 9.47 Å². The maximum absolute atomic E-state index is 6.21. The van der Waals surface area contributed by atoms with Gasteiger partial charge in [-0.15, -0.1) is 0 Å². The Bertz CT molecular complexity index is 584. The molecule has 0 saturated heterocycles. The summed E-state index contributed by atoms with van der Waals surface area (Å²) in [6.45, 7) is 4.47. The van der Waals surface area contributed by atoms with Crippen molar-refractivity contribution in [1.82, 2.24) is 0 Å². The topological polar surface area (TPSA) is 44.5 Å². The van der Waals surface area contributed by atoms with Gasteiger partial charge in [0.15, 0.2) is 0 Å². The Kier molecular flexibility index (Phi) is 4.88. The SMILES string of the molecule is CCOc1cccc(Oc2ccc(C(C)N)cc2Cl)c1. The van der Waals surface area contributed by atoms with Crippen LogP contribution in [0.5, 0.6) is 17.2 Å². The number of benzene rings is 2. The van der Waals surface area contributed by atoms with Crippen molar-refractivity contribution in [2.75, 3.05) is 6.61 Å². The minimum atomic E-state index is -0.0529. The predicted octanol–water partition coefficient (Wildman–Crippen LogP) is 4.55. The van der Waals surface area contributed by atoms with E-state index >= 15 is 0 Å². The van der Waals surface area contributed by atoms with Gasteiger partial charge in [0.2, 0.25) is 0 Å². The molecule has 0 aromatic heterocycles. The molecule has 0 spiro atoms. The molecule has 0 aliphatic carbocycles. The summed E-state index contributed by atoms with van der Waals surface area (Å²) < 4.78 is 11.2. The summed E-state index contributed by atoms with van der Waals surface area (Å²) in [5, 5.41) is 0.543. The normalized spacial score (nSPS) is 12.0. The van der Waals surface area contributed by atoms with Gasteiger partial charge in [0.1, 0.15) is 17.2 Å². The lowest BCUT2D eigenvalue weighted by atomic mass is 10.1. The highest BCUT2D eigenvalue weighted by Gasteiger charge is 2.07. The van der Waals surface area contributed by atoms with Crippen LogP contribution in [0, 0.1) is 0 Å². The first-order valence-corrected chi connectivity index (χ1v) is 6.93. The number of rotatable bonds is 5. The Morgan fingerprint density at radius 3 is 2.55 bits per heavy atom. The zero-order valence-corrected chi connectivity index (χ0v) is 12.4. The van der Waals surface area contributed by atoms with Gasteiger partial charge < -0.3 is 15.2 Å². The second-order valence-electron chi connectivity index (χ2n) is 4.49. The predicted molar refractivity (Wildman–Crippen MR) is 81.7 cm³/mol. The lowest BCUT2D eigenvalue weighted by Gasteiger charge is -2.12. The van der Waals surface area contributed by atoms with Gasteiger partial charge in [-0.2, -0.15) is 0 Å². The fraction of sp³-hybridized carbons (Fsp3) is 0.250. The largest absolute Gasteiger partial charge is 0.494 e. The first kappa shape index (κ1) is 14.7. The van der Waals surface area contributed by atoms with E-state index in [9.17, 15) is 0 Å². The molecule has 2 N–H and O–H groups in total. The molecule has 0 saturated carbocycles. The molecule has 1 unspecified atom stereocenters. The second kappa shape index (κ2) is 6.64. The average Bonchev–Trinajstić information content (AvgIpc) is 2.42. The molecule has 0 aliphatic rings. The van der Waals surface area contributed by atoms with Gasteiger partial charge >= 0.3 is 0 Å². The van der Waals surface area contributed by atoms with Gasteiger partial charge in [-0.25, -0.2) is 0 Å². The van der Waals surface area contributed by atoms with Gasteiger partial charge in [-0.3, -0.25) is 0 Å². The van der Waals surface area contributed by atoms with E-state index in [1.807, 2.05) is 56.3 Å². The Balaban J connectivity index is 2.19. The standard InChI is InChI=1S/C16H18ClNO2/c1-3-19-13-5-4-6-14(10-13)20-16-8-7-12(11(2)18)9-15(16)17/h4-11H,3,18H2,1-2H3. The van der Waals surface area contributed by atoms with Gasteiger partial charge in [-0.1, -0.05) is 23.7 Å². The van der Waals surface area contributed by atoms with Crippen molar-refractivity contribution >= 4 is 11.6 Å². The molecule has 20 heavy (non-hydrogen) atoms. The van der Waals surface area contributed by atoms with Crippen LogP contribution in [0.2, 0.25) is 5.02 Å². The molecule has 0 fully saturated rings. The van der Waals surface area contributed by atoms with E-state index < -0.39 is 0 Å². The molecule has 4 heteroatoms. The van der Waals surface area contributed by atoms with Crippen LogP contribution >= 0.6 is 11.6 Å². The molecule has 2 rings (SSSR count). The third kappa shape index (κ3) is 3.65. The zero-order valence-electron chi connectivity index (χ0n) is 11.6. The molecule has 0 aliphatic heterocycles. The molecule has 106 valence electrons. The van der Waals surface area contributed by atoms with Crippen LogP contribution in [0.4, 0.5) is 0 Å². The summed E-state index contributed by atoms with van der Waals surface area (Å²) in [6, 6.07) is 13.0. The molecule has 2 aromatic rings. The van der Waals surface area contributed by atoms with Crippen molar-refractivity contribution in [3.63, 3.8) is 0 Å². The maximum atomic E-state index is 6.21. The maximum Gasteiger partial charge on any atom is 0.146 e. The number of ether oxygens (including phenoxy) is 2. The second-order valence-corrected chi connectivity index (χ2v) is 4.90. The van der Waals surface area contributed by atoms with Gasteiger partial charge in [0.25, 0.3) is 0 Å². The third-order valence-electron chi connectivity index (χ3n) is 2.83. The summed E-state index contributed by atoms with van der Waals surface area (Å²) >= 11 is 6.21. The summed E-state index contributed by atoms with van der Waals surface area (Å²) in [4.78, 5) is 0. The smallest absolute Gasteiger partial charge is 0.146 e. The van der Waals surface area contributed by atoms with E-state index in [1.54, 1.807) is 0 Å². The van der Waals surface area contributed by atoms with Crippen LogP contribution in [0.1, 0.15) is 25.5 Å². The van der Waals surface area contributed by atoms with Crippen LogP contribution in [0.15, 0.2) is 42.5 Å². The summed E-state index contributed by atoms with van der Waals surface area (Å²) in [5.41, 5.74) is 6.80. The monoisotopic (exact) mass is 291 g/mol. The highest BCUT2D eigenvalue weighted by molar-refractivity contribution is 6.32. The molecule has 1 atom stereocenters. The van der Waals surface area contributed by atoms with Crippen molar-refractivity contribution in [3.8, 4) is 17.2 Å². The average molecular weight is 292 g/mol. The number of halogens is 1. The van der Waals surface area contributed by atoms with Crippen LogP contribution in [-0.4, -0.2) is 6.61 Å². The van der Waals surface area contributed by atoms with Crippen LogP contribution in [-0.2, 0) is 0 Å². The molecular weight excluding hydrogens is 274 g/mol. The van der Waals surface area contributed by atoms with Crippen molar-refractivity contribution in [2.45, 2.75) is 19.9 Å². The molecule has 2 aromatic carbocycles. The lowest BCUT2D eigenvalue weighted by Crippen LogP contribution is -2.04. The molecular formula is C16H18ClNO2. The highest BCUT2D eigenvalue weighted by atomic mass is 35.5. The van der Waals surface area contributed by atoms with Crippen LogP contribution in [0.3, 0.4) is 0 Å². The van der Waals surface area contributed by atoms with E-state index in [2.05, 4.69) is 0 Å². The van der Waals surface area contributed by atoms with E-state index in [-0.39, 0.29) is 6.04 Å². The van der Waals surface area contributed by atoms with Gasteiger partial charge in [-0.05, 0) is 43.7 Å². The first-order chi connectivity index (χ1) is 9.60. The molecule has 0 radical (unpaired) electrons. The highest BCUT2D eigenvalue weighted by Crippen LogP contribution is 2.32. The van der Waals surface area contributed by atoms with E-state index in [0.29, 0.717) is 23.1 Å². The van der Waals surface area contributed by atoms with Crippen molar-refractivity contribution in [1.29, 1.82) is 0 Å². The Morgan fingerprint density at radius 1 is 1.15 bits per heavy atom. The van der Waals surface area contributed by atoms with E-state index in [0.717, 1.165) is 11.3 Å². The fourth-order valence-corrected chi connectivity index (χ4v) is 2.03. The fourth-order valence-electron chi connectivity index (χ4n) is 1.80. The minimum Gasteiger partial charge on any atom is -0.494 e. The quantitative estimate of drug-likeness (QED) is 0.879. The molecule has 0 bridgehead atoms. The van der Waals surface area contributed by atoms with E-state index in [1.165, 1.54) is 0 Å². The molecule has 0 heterocycles. The van der Waals surface area contributed by atoms with Crippen molar-refractivity contribution in [2.24, 2.45) is 5.73 Å². The number of hydrogen-bond donors (Lipinski definition) is 1. The van der Waals surface area contributed by atoms with Crippen molar-refractivity contribution in [3.05, 3.63) is 53.1 Å². The zero-order chi connectivity index (χ0) is 14.5. The third-order valence-corrected chi connectivity index (χ3v) is 3.12. The summed E-state index contributed by atoms with van der Waals surface area (Å²) in [6.07, 6.45) is 0. The summed E-state index contributed by atoms with van der Waals surface area (Å²) in [7, 11) is 0. The Labute approximate surface area is 124 Å². The van der Waals surface area contributed by atoms with Gasteiger partial charge in [0, 0.05) is 12.1 Å². The van der Waals surface area contributed by atoms with Crippen LogP contribution in [0.25, 0.3) is 0 Å². The molecule has 3 nitrogen and oxygen atoms in total. The Hall–Kier alpha value is -1.71. The lowest BCUT2D eigenvalue weighted by molar-refractivity contribution is 0.338. The molecule has 0 amide bonds. The summed E-state index contributed by atoms with van der Waals surface area (Å²) in [5.74, 6) is 2.06. The number of nitrogens with two attached hydrogens (primary N) is 1. The number of hydrogen-bond acceptors (Lipinski definition) is 3.